The summed E-state index contributed by atoms with van der Waals surface area (Å²) in [5.41, 5.74) is 0.294. The quantitative estimate of drug-likeness (QED) is 0.826. The summed E-state index contributed by atoms with van der Waals surface area (Å²) in [5, 5.41) is 9.51. The number of halogens is 2. The van der Waals surface area contributed by atoms with Crippen molar-refractivity contribution in [3.8, 4) is 0 Å². The Kier molecular flexibility index (Phi) is 4.80. The minimum absolute atomic E-state index is 0.0689. The third-order valence-electron chi connectivity index (χ3n) is 4.61. The van der Waals surface area contributed by atoms with Gasteiger partial charge in [-0.15, -0.1) is 0 Å². The third kappa shape index (κ3) is 3.01. The number of benzene rings is 1. The van der Waals surface area contributed by atoms with E-state index in [0.717, 1.165) is 4.90 Å². The molecular formula is C16H16Cl2N2O4. The number of likely N-dealkylation sites (tertiary alicyclic amines) is 1. The molecule has 1 unspecified atom stereocenters. The average Bonchev–Trinajstić information content (AvgIpc) is 2.85. The maximum Gasteiger partial charge on any atom is 0.306 e. The van der Waals surface area contributed by atoms with Crippen molar-refractivity contribution < 1.29 is 19.5 Å². The van der Waals surface area contributed by atoms with E-state index in [-0.39, 0.29) is 34.2 Å². The largest absolute Gasteiger partial charge is 0.481 e. The summed E-state index contributed by atoms with van der Waals surface area (Å²) >= 11 is 12.1. The zero-order valence-corrected chi connectivity index (χ0v) is 14.3. The summed E-state index contributed by atoms with van der Waals surface area (Å²) in [4.78, 5) is 39.1. The van der Waals surface area contributed by atoms with Crippen molar-refractivity contribution in [2.75, 3.05) is 18.0 Å². The minimum Gasteiger partial charge on any atom is -0.481 e. The molecule has 0 bridgehead atoms. The first-order valence-corrected chi connectivity index (χ1v) is 8.43. The summed E-state index contributed by atoms with van der Waals surface area (Å²) in [6.45, 7) is 0.968. The lowest BCUT2D eigenvalue weighted by atomic mass is 9.96. The molecule has 2 aliphatic heterocycles. The molecule has 8 heteroatoms. The van der Waals surface area contributed by atoms with Crippen molar-refractivity contribution >= 4 is 46.7 Å². The van der Waals surface area contributed by atoms with Gasteiger partial charge in [0, 0.05) is 0 Å². The van der Waals surface area contributed by atoms with Crippen molar-refractivity contribution in [1.29, 1.82) is 0 Å². The number of carboxylic acid groups (broad SMARTS) is 1. The number of rotatable bonds is 3. The molecule has 1 N–H and O–H groups in total. The molecule has 24 heavy (non-hydrogen) atoms. The first-order chi connectivity index (χ1) is 11.4. The SMILES string of the molecule is O=C(O)C1CCN(C2CC(=O)N(c3cccc(Cl)c3Cl)C2=O)CC1. The monoisotopic (exact) mass is 370 g/mol. The summed E-state index contributed by atoms with van der Waals surface area (Å²) in [6, 6.07) is 4.24. The smallest absolute Gasteiger partial charge is 0.306 e. The number of aliphatic carboxylic acids is 1. The molecular weight excluding hydrogens is 355 g/mol. The van der Waals surface area contributed by atoms with Gasteiger partial charge < -0.3 is 5.11 Å². The van der Waals surface area contributed by atoms with E-state index in [9.17, 15) is 14.4 Å². The molecule has 0 aromatic heterocycles. The zero-order valence-electron chi connectivity index (χ0n) is 12.7. The Labute approximate surface area is 148 Å². The van der Waals surface area contributed by atoms with Gasteiger partial charge in [0.25, 0.3) is 5.91 Å². The lowest BCUT2D eigenvalue weighted by molar-refractivity contribution is -0.143. The number of carbonyl (C=O) groups excluding carboxylic acids is 2. The predicted molar refractivity (Wildman–Crippen MR) is 89.3 cm³/mol. The molecule has 0 aliphatic carbocycles. The van der Waals surface area contributed by atoms with Crippen LogP contribution in [0.4, 0.5) is 5.69 Å². The second-order valence-corrected chi connectivity index (χ2v) is 6.79. The fourth-order valence-corrected chi connectivity index (χ4v) is 3.66. The second kappa shape index (κ2) is 6.70. The fourth-order valence-electron chi connectivity index (χ4n) is 3.28. The maximum absolute atomic E-state index is 12.7. The molecule has 0 radical (unpaired) electrons. The molecule has 2 heterocycles. The highest BCUT2D eigenvalue weighted by Gasteiger charge is 2.44. The first-order valence-electron chi connectivity index (χ1n) is 7.68. The fraction of sp³-hybridized carbons (Fsp3) is 0.438. The van der Waals surface area contributed by atoms with E-state index in [1.807, 2.05) is 4.90 Å². The Bertz CT molecular complexity index is 701. The topological polar surface area (TPSA) is 77.9 Å². The van der Waals surface area contributed by atoms with Crippen molar-refractivity contribution in [3.05, 3.63) is 28.2 Å². The van der Waals surface area contributed by atoms with Gasteiger partial charge in [0.15, 0.2) is 0 Å². The van der Waals surface area contributed by atoms with E-state index >= 15 is 0 Å². The number of carboxylic acids is 1. The first kappa shape index (κ1) is 17.2. The normalized spacial score (nSPS) is 23.1. The number of hydrogen-bond acceptors (Lipinski definition) is 4. The van der Waals surface area contributed by atoms with E-state index in [0.29, 0.717) is 31.6 Å². The van der Waals surface area contributed by atoms with Crippen LogP contribution >= 0.6 is 23.2 Å². The number of anilines is 1. The predicted octanol–water partition coefficient (Wildman–Crippen LogP) is 2.42. The van der Waals surface area contributed by atoms with Crippen LogP contribution in [0.3, 0.4) is 0 Å². The molecule has 0 saturated carbocycles. The highest BCUT2D eigenvalue weighted by Crippen LogP contribution is 2.36. The van der Waals surface area contributed by atoms with Crippen molar-refractivity contribution in [1.82, 2.24) is 4.90 Å². The highest BCUT2D eigenvalue weighted by molar-refractivity contribution is 6.44. The number of piperidine rings is 1. The average molecular weight is 371 g/mol. The van der Waals surface area contributed by atoms with Crippen molar-refractivity contribution in [2.45, 2.75) is 25.3 Å². The van der Waals surface area contributed by atoms with Gasteiger partial charge in [-0.2, -0.15) is 0 Å². The number of hydrogen-bond donors (Lipinski definition) is 1. The van der Waals surface area contributed by atoms with Crippen LogP contribution < -0.4 is 4.90 Å². The molecule has 3 rings (SSSR count). The molecule has 2 saturated heterocycles. The molecule has 1 atom stereocenters. The molecule has 6 nitrogen and oxygen atoms in total. The summed E-state index contributed by atoms with van der Waals surface area (Å²) in [5.74, 6) is -1.85. The van der Waals surface area contributed by atoms with Gasteiger partial charge in [0.05, 0.1) is 34.1 Å². The van der Waals surface area contributed by atoms with E-state index in [4.69, 9.17) is 28.3 Å². The van der Waals surface area contributed by atoms with E-state index in [1.54, 1.807) is 18.2 Å². The van der Waals surface area contributed by atoms with Crippen LogP contribution in [0, 0.1) is 5.92 Å². The van der Waals surface area contributed by atoms with Gasteiger partial charge >= 0.3 is 5.97 Å². The van der Waals surface area contributed by atoms with E-state index < -0.39 is 12.0 Å². The third-order valence-corrected chi connectivity index (χ3v) is 5.42. The van der Waals surface area contributed by atoms with Crippen LogP contribution in [-0.4, -0.2) is 46.9 Å². The zero-order chi connectivity index (χ0) is 17.4. The van der Waals surface area contributed by atoms with Crippen LogP contribution in [-0.2, 0) is 14.4 Å². The van der Waals surface area contributed by atoms with Gasteiger partial charge in [0.1, 0.15) is 0 Å². The van der Waals surface area contributed by atoms with E-state index in [1.165, 1.54) is 0 Å². The van der Waals surface area contributed by atoms with Crippen LogP contribution in [0.2, 0.25) is 10.0 Å². The minimum atomic E-state index is -0.809. The Hall–Kier alpha value is -1.63. The van der Waals surface area contributed by atoms with Gasteiger partial charge in [-0.1, -0.05) is 29.3 Å². The molecule has 2 fully saturated rings. The Morgan fingerprint density at radius 2 is 1.83 bits per heavy atom. The van der Waals surface area contributed by atoms with Crippen LogP contribution in [0.25, 0.3) is 0 Å². The molecule has 2 amide bonds. The van der Waals surface area contributed by atoms with Crippen LogP contribution in [0.5, 0.6) is 0 Å². The Morgan fingerprint density at radius 3 is 2.46 bits per heavy atom. The lowest BCUT2D eigenvalue weighted by Gasteiger charge is -2.33. The Morgan fingerprint density at radius 1 is 1.17 bits per heavy atom. The van der Waals surface area contributed by atoms with Gasteiger partial charge in [-0.25, -0.2) is 4.90 Å². The van der Waals surface area contributed by atoms with Gasteiger partial charge in [-0.05, 0) is 38.1 Å². The highest BCUT2D eigenvalue weighted by atomic mass is 35.5. The number of imide groups is 1. The maximum atomic E-state index is 12.7. The second-order valence-electron chi connectivity index (χ2n) is 6.01. The lowest BCUT2D eigenvalue weighted by Crippen LogP contribution is -2.46. The summed E-state index contributed by atoms with van der Waals surface area (Å²) in [6.07, 6.45) is 1.02. The summed E-state index contributed by atoms with van der Waals surface area (Å²) < 4.78 is 0. The Balaban J connectivity index is 1.78. The summed E-state index contributed by atoms with van der Waals surface area (Å²) in [7, 11) is 0. The van der Waals surface area contributed by atoms with Crippen LogP contribution in [0.15, 0.2) is 18.2 Å². The van der Waals surface area contributed by atoms with Gasteiger partial charge in [0.2, 0.25) is 5.91 Å². The van der Waals surface area contributed by atoms with Crippen molar-refractivity contribution in [2.24, 2.45) is 5.92 Å². The van der Waals surface area contributed by atoms with Crippen molar-refractivity contribution in [3.63, 3.8) is 0 Å². The standard InChI is InChI=1S/C16H16Cl2N2O4/c17-10-2-1-3-11(14(10)18)20-13(21)8-12(15(20)22)19-6-4-9(5-7-19)16(23)24/h1-3,9,12H,4-8H2,(H,23,24). The van der Waals surface area contributed by atoms with Crippen LogP contribution in [0.1, 0.15) is 19.3 Å². The number of amides is 2. The number of carbonyl (C=O) groups is 3. The molecule has 2 aliphatic rings. The number of nitrogens with zero attached hydrogens (tertiary/aromatic N) is 2. The van der Waals surface area contributed by atoms with E-state index in [2.05, 4.69) is 0 Å². The molecule has 1 aromatic rings. The molecule has 1 aromatic carbocycles. The van der Waals surface area contributed by atoms with Gasteiger partial charge in [-0.3, -0.25) is 19.3 Å². The molecule has 128 valence electrons. The molecule has 0 spiro atoms.